The maximum atomic E-state index is 13.1. The number of aromatic nitrogens is 1. The maximum Gasteiger partial charge on any atom is 0.289 e. The van der Waals surface area contributed by atoms with Crippen LogP contribution in [0.2, 0.25) is 0 Å². The molecule has 3 aromatic rings. The molecule has 2 amide bonds. The minimum absolute atomic E-state index is 0.191. The summed E-state index contributed by atoms with van der Waals surface area (Å²) in [5, 5.41) is 3.72. The number of hydrogen-bond donors (Lipinski definition) is 0. The Balaban J connectivity index is 1.45. The lowest BCUT2D eigenvalue weighted by molar-refractivity contribution is 0.0518. The van der Waals surface area contributed by atoms with E-state index >= 15 is 0 Å². The molecule has 7 nitrogen and oxygen atoms in total. The molecule has 0 unspecified atom stereocenters. The van der Waals surface area contributed by atoms with Gasteiger partial charge in [-0.05, 0) is 36.4 Å². The number of benzene rings is 1. The lowest BCUT2D eigenvalue weighted by atomic mass is 10.1. The fraction of sp³-hybridized carbons (Fsp3) is 0.211. The lowest BCUT2D eigenvalue weighted by Crippen LogP contribution is -2.50. The van der Waals surface area contributed by atoms with Crippen molar-refractivity contribution >= 4 is 11.8 Å². The predicted molar refractivity (Wildman–Crippen MR) is 92.4 cm³/mol. The summed E-state index contributed by atoms with van der Waals surface area (Å²) in [6.45, 7) is 1.59. The second-order valence-electron chi connectivity index (χ2n) is 6.14. The van der Waals surface area contributed by atoms with Crippen LogP contribution in [0.25, 0.3) is 11.3 Å². The van der Waals surface area contributed by atoms with Gasteiger partial charge in [-0.3, -0.25) is 9.59 Å². The number of hydrogen-bond acceptors (Lipinski definition) is 5. The molecule has 0 bridgehead atoms. The highest BCUT2D eigenvalue weighted by atomic mass is 19.1. The number of nitrogens with zero attached hydrogens (tertiary/aromatic N) is 3. The maximum absolute atomic E-state index is 13.1. The van der Waals surface area contributed by atoms with Crippen molar-refractivity contribution < 1.29 is 22.9 Å². The summed E-state index contributed by atoms with van der Waals surface area (Å²) in [4.78, 5) is 28.5. The van der Waals surface area contributed by atoms with Gasteiger partial charge in [0.05, 0.1) is 12.5 Å². The average molecular weight is 369 g/mol. The van der Waals surface area contributed by atoms with Gasteiger partial charge in [-0.25, -0.2) is 4.39 Å². The zero-order valence-corrected chi connectivity index (χ0v) is 14.3. The third-order valence-corrected chi connectivity index (χ3v) is 4.49. The van der Waals surface area contributed by atoms with Gasteiger partial charge in [-0.1, -0.05) is 5.16 Å². The van der Waals surface area contributed by atoms with Gasteiger partial charge in [0.2, 0.25) is 0 Å². The molecular weight excluding hydrogens is 353 g/mol. The van der Waals surface area contributed by atoms with E-state index in [9.17, 15) is 14.0 Å². The lowest BCUT2D eigenvalue weighted by Gasteiger charge is -2.34. The predicted octanol–water partition coefficient (Wildman–Crippen LogP) is 2.67. The van der Waals surface area contributed by atoms with Crippen LogP contribution in [-0.2, 0) is 0 Å². The van der Waals surface area contributed by atoms with Crippen LogP contribution in [0.1, 0.15) is 20.9 Å². The van der Waals surface area contributed by atoms with Crippen LogP contribution in [0.5, 0.6) is 0 Å². The topological polar surface area (TPSA) is 79.8 Å². The molecule has 1 fully saturated rings. The van der Waals surface area contributed by atoms with Crippen molar-refractivity contribution in [2.24, 2.45) is 0 Å². The summed E-state index contributed by atoms with van der Waals surface area (Å²) < 4.78 is 23.5. The van der Waals surface area contributed by atoms with Crippen molar-refractivity contribution in [1.82, 2.24) is 15.0 Å². The Labute approximate surface area is 153 Å². The first kappa shape index (κ1) is 17.0. The molecule has 1 aromatic carbocycles. The number of furan rings is 1. The van der Waals surface area contributed by atoms with Crippen LogP contribution in [0.4, 0.5) is 4.39 Å². The summed E-state index contributed by atoms with van der Waals surface area (Å²) in [6, 6.07) is 8.94. The first-order valence-electron chi connectivity index (χ1n) is 8.46. The highest BCUT2D eigenvalue weighted by Gasteiger charge is 2.29. The molecule has 0 aliphatic carbocycles. The molecule has 2 aromatic heterocycles. The third-order valence-electron chi connectivity index (χ3n) is 4.49. The molecular formula is C19H16FN3O4. The van der Waals surface area contributed by atoms with Crippen LogP contribution in [0.15, 0.2) is 57.8 Å². The van der Waals surface area contributed by atoms with E-state index in [2.05, 4.69) is 5.16 Å². The second kappa shape index (κ2) is 7.06. The van der Waals surface area contributed by atoms with Gasteiger partial charge in [0.25, 0.3) is 11.8 Å². The van der Waals surface area contributed by atoms with E-state index in [0.29, 0.717) is 43.1 Å². The van der Waals surface area contributed by atoms with Crippen LogP contribution in [-0.4, -0.2) is 52.9 Å². The van der Waals surface area contributed by atoms with E-state index in [1.165, 1.54) is 36.7 Å². The summed E-state index contributed by atoms with van der Waals surface area (Å²) in [7, 11) is 0. The fourth-order valence-corrected chi connectivity index (χ4v) is 3.04. The third kappa shape index (κ3) is 3.33. The highest BCUT2D eigenvalue weighted by Crippen LogP contribution is 2.25. The Morgan fingerprint density at radius 1 is 0.963 bits per heavy atom. The van der Waals surface area contributed by atoms with Gasteiger partial charge in [0.15, 0.2) is 11.5 Å². The first-order chi connectivity index (χ1) is 13.1. The first-order valence-corrected chi connectivity index (χ1v) is 8.46. The largest absolute Gasteiger partial charge is 0.459 e. The Morgan fingerprint density at radius 2 is 1.63 bits per heavy atom. The normalized spacial score (nSPS) is 14.4. The van der Waals surface area contributed by atoms with E-state index in [1.54, 1.807) is 21.9 Å². The molecule has 3 heterocycles. The molecule has 1 aliphatic heterocycles. The molecule has 0 atom stereocenters. The smallest absolute Gasteiger partial charge is 0.289 e. The minimum Gasteiger partial charge on any atom is -0.459 e. The van der Waals surface area contributed by atoms with Crippen LogP contribution >= 0.6 is 0 Å². The van der Waals surface area contributed by atoms with Gasteiger partial charge < -0.3 is 18.7 Å². The van der Waals surface area contributed by atoms with Gasteiger partial charge >= 0.3 is 0 Å². The van der Waals surface area contributed by atoms with Crippen molar-refractivity contribution in [3.05, 3.63) is 66.0 Å². The van der Waals surface area contributed by atoms with Gasteiger partial charge in [-0.15, -0.1) is 0 Å². The monoisotopic (exact) mass is 369 g/mol. The van der Waals surface area contributed by atoms with Crippen LogP contribution in [0.3, 0.4) is 0 Å². The average Bonchev–Trinajstić information content (AvgIpc) is 3.40. The quantitative estimate of drug-likeness (QED) is 0.709. The number of halogens is 1. The summed E-state index contributed by atoms with van der Waals surface area (Å²) >= 11 is 0. The number of piperazine rings is 1. The molecule has 0 saturated carbocycles. The number of carbonyl (C=O) groups is 2. The second-order valence-corrected chi connectivity index (χ2v) is 6.14. The Bertz CT molecular complexity index is 942. The van der Waals surface area contributed by atoms with Crippen LogP contribution < -0.4 is 0 Å². The minimum atomic E-state index is -0.372. The number of carbonyl (C=O) groups excluding carboxylic acids is 2. The SMILES string of the molecule is O=C(c1ccco1)N1CCN(C(=O)c2cnoc2-c2ccc(F)cc2)CC1. The Kier molecular flexibility index (Phi) is 4.45. The van der Waals surface area contributed by atoms with Crippen molar-refractivity contribution in [2.75, 3.05) is 26.2 Å². The molecule has 27 heavy (non-hydrogen) atoms. The van der Waals surface area contributed by atoms with Gasteiger partial charge in [-0.2, -0.15) is 0 Å². The summed E-state index contributed by atoms with van der Waals surface area (Å²) in [6.07, 6.45) is 2.82. The van der Waals surface area contributed by atoms with Gasteiger partial charge in [0, 0.05) is 31.7 Å². The molecule has 0 N–H and O–H groups in total. The van der Waals surface area contributed by atoms with E-state index < -0.39 is 0 Å². The Morgan fingerprint density at radius 3 is 2.26 bits per heavy atom. The summed E-state index contributed by atoms with van der Waals surface area (Å²) in [5.41, 5.74) is 0.885. The zero-order chi connectivity index (χ0) is 18.8. The molecule has 1 aliphatic rings. The summed E-state index contributed by atoms with van der Waals surface area (Å²) in [5.74, 6) is -0.213. The molecule has 0 spiro atoms. The molecule has 1 saturated heterocycles. The van der Waals surface area contributed by atoms with Crippen molar-refractivity contribution in [3.8, 4) is 11.3 Å². The van der Waals surface area contributed by atoms with E-state index in [0.717, 1.165) is 0 Å². The van der Waals surface area contributed by atoms with Crippen molar-refractivity contribution in [1.29, 1.82) is 0 Å². The van der Waals surface area contributed by atoms with Crippen molar-refractivity contribution in [2.45, 2.75) is 0 Å². The van der Waals surface area contributed by atoms with E-state index in [1.807, 2.05) is 0 Å². The van der Waals surface area contributed by atoms with E-state index in [4.69, 9.17) is 8.94 Å². The number of amides is 2. The molecule has 0 radical (unpaired) electrons. The van der Waals surface area contributed by atoms with E-state index in [-0.39, 0.29) is 23.4 Å². The zero-order valence-electron chi connectivity index (χ0n) is 14.3. The Hall–Kier alpha value is -3.42. The number of rotatable bonds is 3. The van der Waals surface area contributed by atoms with Gasteiger partial charge in [0.1, 0.15) is 11.4 Å². The fourth-order valence-electron chi connectivity index (χ4n) is 3.04. The molecule has 138 valence electrons. The van der Waals surface area contributed by atoms with Crippen LogP contribution in [0, 0.1) is 5.82 Å². The molecule has 8 heteroatoms. The highest BCUT2D eigenvalue weighted by molar-refractivity contribution is 5.99. The molecule has 4 rings (SSSR count). The standard InChI is InChI=1S/C19H16FN3O4/c20-14-5-3-13(4-6-14)17-15(12-21-27-17)18(24)22-7-9-23(10-8-22)19(25)16-2-1-11-26-16/h1-6,11-12H,7-10H2. The van der Waals surface area contributed by atoms with Crippen molar-refractivity contribution in [3.63, 3.8) is 0 Å².